The van der Waals surface area contributed by atoms with Gasteiger partial charge >= 0.3 is 5.97 Å². The molecule has 0 unspecified atom stereocenters. The van der Waals surface area contributed by atoms with Crippen LogP contribution in [0.2, 0.25) is 0 Å². The Kier molecular flexibility index (Phi) is 4.52. The van der Waals surface area contributed by atoms with E-state index in [-0.39, 0.29) is 23.1 Å². The van der Waals surface area contributed by atoms with E-state index in [1.54, 1.807) is 11.9 Å². The zero-order valence-corrected chi connectivity index (χ0v) is 11.7. The Hall–Kier alpha value is -2.44. The number of hydrogen-bond donors (Lipinski definition) is 2. The molecule has 1 aromatic rings. The SMILES string of the molecule is CNC(=O)C1CCN(C(=O)c2ncccc2C(=O)O)CC1. The van der Waals surface area contributed by atoms with Crippen LogP contribution in [-0.2, 0) is 4.79 Å². The van der Waals surface area contributed by atoms with Gasteiger partial charge in [0.1, 0.15) is 5.69 Å². The van der Waals surface area contributed by atoms with Crippen molar-refractivity contribution in [2.45, 2.75) is 12.8 Å². The van der Waals surface area contributed by atoms with Crippen molar-refractivity contribution in [1.29, 1.82) is 0 Å². The van der Waals surface area contributed by atoms with E-state index in [0.29, 0.717) is 25.9 Å². The maximum Gasteiger partial charge on any atom is 0.338 e. The highest BCUT2D eigenvalue weighted by Crippen LogP contribution is 2.19. The highest BCUT2D eigenvalue weighted by Gasteiger charge is 2.29. The quantitative estimate of drug-likeness (QED) is 0.838. The minimum absolute atomic E-state index is 0.0221. The number of carboxylic acid groups (broad SMARTS) is 1. The summed E-state index contributed by atoms with van der Waals surface area (Å²) < 4.78 is 0. The van der Waals surface area contributed by atoms with Gasteiger partial charge in [0.2, 0.25) is 5.91 Å². The van der Waals surface area contributed by atoms with Crippen LogP contribution in [-0.4, -0.2) is 52.9 Å². The fourth-order valence-electron chi connectivity index (χ4n) is 2.45. The predicted octanol–water partition coefficient (Wildman–Crippen LogP) is 0.378. The number of amides is 2. The molecule has 0 spiro atoms. The first kappa shape index (κ1) is 15.0. The summed E-state index contributed by atoms with van der Waals surface area (Å²) in [5, 5.41) is 11.7. The lowest BCUT2D eigenvalue weighted by atomic mass is 9.95. The van der Waals surface area contributed by atoms with Crippen molar-refractivity contribution in [3.05, 3.63) is 29.6 Å². The van der Waals surface area contributed by atoms with Crippen LogP contribution in [0.5, 0.6) is 0 Å². The Balaban J connectivity index is 2.09. The van der Waals surface area contributed by atoms with Gasteiger partial charge in [-0.3, -0.25) is 14.6 Å². The van der Waals surface area contributed by atoms with E-state index in [1.807, 2.05) is 0 Å². The van der Waals surface area contributed by atoms with Crippen LogP contribution < -0.4 is 5.32 Å². The third-order valence-electron chi connectivity index (χ3n) is 3.64. The number of carbonyl (C=O) groups is 3. The Morgan fingerprint density at radius 3 is 2.57 bits per heavy atom. The van der Waals surface area contributed by atoms with Crippen molar-refractivity contribution in [3.63, 3.8) is 0 Å². The maximum atomic E-state index is 12.4. The molecule has 0 atom stereocenters. The van der Waals surface area contributed by atoms with Gasteiger partial charge in [-0.2, -0.15) is 0 Å². The lowest BCUT2D eigenvalue weighted by molar-refractivity contribution is -0.125. The summed E-state index contributed by atoms with van der Waals surface area (Å²) in [7, 11) is 1.59. The second-order valence-electron chi connectivity index (χ2n) is 4.89. The molecule has 2 amide bonds. The number of nitrogens with zero attached hydrogens (tertiary/aromatic N) is 2. The second-order valence-corrected chi connectivity index (χ2v) is 4.89. The number of nitrogens with one attached hydrogen (secondary N) is 1. The molecule has 1 aromatic heterocycles. The van der Waals surface area contributed by atoms with Crippen molar-refractivity contribution < 1.29 is 19.5 Å². The Morgan fingerprint density at radius 2 is 2.00 bits per heavy atom. The summed E-state index contributed by atoms with van der Waals surface area (Å²) in [6, 6.07) is 2.85. The molecule has 2 rings (SSSR count). The van der Waals surface area contributed by atoms with E-state index in [2.05, 4.69) is 10.3 Å². The Labute approximate surface area is 122 Å². The molecule has 0 aromatic carbocycles. The highest BCUT2D eigenvalue weighted by molar-refractivity contribution is 6.03. The number of hydrogen-bond acceptors (Lipinski definition) is 4. The largest absolute Gasteiger partial charge is 0.478 e. The van der Waals surface area contributed by atoms with E-state index in [9.17, 15) is 14.4 Å². The molecule has 7 nitrogen and oxygen atoms in total. The normalized spacial score (nSPS) is 15.6. The topological polar surface area (TPSA) is 99.6 Å². The number of aromatic carboxylic acids is 1. The third-order valence-corrected chi connectivity index (χ3v) is 3.64. The van der Waals surface area contributed by atoms with E-state index >= 15 is 0 Å². The van der Waals surface area contributed by atoms with Crippen molar-refractivity contribution >= 4 is 17.8 Å². The minimum atomic E-state index is -1.17. The van der Waals surface area contributed by atoms with Gasteiger partial charge in [0.25, 0.3) is 5.91 Å². The average molecular weight is 291 g/mol. The first-order valence-corrected chi connectivity index (χ1v) is 6.73. The van der Waals surface area contributed by atoms with Gasteiger partial charge in [0.05, 0.1) is 5.56 Å². The number of pyridine rings is 1. The smallest absolute Gasteiger partial charge is 0.338 e. The third kappa shape index (κ3) is 3.18. The fraction of sp³-hybridized carbons (Fsp3) is 0.429. The zero-order valence-electron chi connectivity index (χ0n) is 11.7. The van der Waals surface area contributed by atoms with Crippen LogP contribution in [0.25, 0.3) is 0 Å². The average Bonchev–Trinajstić information content (AvgIpc) is 2.53. The van der Waals surface area contributed by atoms with Crippen molar-refractivity contribution in [3.8, 4) is 0 Å². The molecule has 2 N–H and O–H groups in total. The predicted molar refractivity (Wildman–Crippen MR) is 73.9 cm³/mol. The number of rotatable bonds is 3. The van der Waals surface area contributed by atoms with Crippen molar-refractivity contribution in [2.24, 2.45) is 5.92 Å². The van der Waals surface area contributed by atoms with Gasteiger partial charge in [-0.05, 0) is 25.0 Å². The molecule has 0 aliphatic carbocycles. The van der Waals surface area contributed by atoms with Gasteiger partial charge in [-0.1, -0.05) is 0 Å². The van der Waals surface area contributed by atoms with Gasteiger partial charge in [-0.15, -0.1) is 0 Å². The first-order valence-electron chi connectivity index (χ1n) is 6.73. The standard InChI is InChI=1S/C14H17N3O4/c1-15-12(18)9-4-7-17(8-5-9)13(19)11-10(14(20)21)3-2-6-16-11/h2-3,6,9H,4-5,7-8H2,1H3,(H,15,18)(H,20,21). The van der Waals surface area contributed by atoms with E-state index in [4.69, 9.17) is 5.11 Å². The number of carbonyl (C=O) groups excluding carboxylic acids is 2. The van der Waals surface area contributed by atoms with Crippen LogP contribution >= 0.6 is 0 Å². The molecule has 0 saturated carbocycles. The van der Waals surface area contributed by atoms with Gasteiger partial charge in [0, 0.05) is 32.3 Å². The highest BCUT2D eigenvalue weighted by atomic mass is 16.4. The molecular weight excluding hydrogens is 274 g/mol. The van der Waals surface area contributed by atoms with Crippen LogP contribution in [0.15, 0.2) is 18.3 Å². The molecule has 1 saturated heterocycles. The van der Waals surface area contributed by atoms with Gasteiger partial charge in [-0.25, -0.2) is 4.79 Å². The van der Waals surface area contributed by atoms with Crippen LogP contribution in [0.4, 0.5) is 0 Å². The molecule has 2 heterocycles. The van der Waals surface area contributed by atoms with Crippen LogP contribution in [0, 0.1) is 5.92 Å². The fourth-order valence-corrected chi connectivity index (χ4v) is 2.45. The summed E-state index contributed by atoms with van der Waals surface area (Å²) in [4.78, 5) is 40.5. The number of carboxylic acids is 1. The van der Waals surface area contributed by atoms with Crippen molar-refractivity contribution in [1.82, 2.24) is 15.2 Å². The van der Waals surface area contributed by atoms with Crippen LogP contribution in [0.3, 0.4) is 0 Å². The lowest BCUT2D eigenvalue weighted by Crippen LogP contribution is -2.43. The maximum absolute atomic E-state index is 12.4. The molecule has 0 bridgehead atoms. The number of aromatic nitrogens is 1. The Bertz CT molecular complexity index is 565. The molecule has 1 aliphatic rings. The number of piperidine rings is 1. The van der Waals surface area contributed by atoms with Gasteiger partial charge < -0.3 is 15.3 Å². The second kappa shape index (κ2) is 6.34. The molecule has 1 fully saturated rings. The molecule has 7 heteroatoms. The first-order chi connectivity index (χ1) is 10.0. The van der Waals surface area contributed by atoms with Gasteiger partial charge in [0.15, 0.2) is 0 Å². The summed E-state index contributed by atoms with van der Waals surface area (Å²) in [6.07, 6.45) is 2.54. The van der Waals surface area contributed by atoms with Crippen LogP contribution in [0.1, 0.15) is 33.7 Å². The van der Waals surface area contributed by atoms with Crippen molar-refractivity contribution in [2.75, 3.05) is 20.1 Å². The van der Waals surface area contributed by atoms with E-state index in [0.717, 1.165) is 0 Å². The lowest BCUT2D eigenvalue weighted by Gasteiger charge is -2.31. The summed E-state index contributed by atoms with van der Waals surface area (Å²) in [6.45, 7) is 0.846. The molecule has 21 heavy (non-hydrogen) atoms. The summed E-state index contributed by atoms with van der Waals surface area (Å²) >= 11 is 0. The minimum Gasteiger partial charge on any atom is -0.478 e. The summed E-state index contributed by atoms with van der Waals surface area (Å²) in [5.74, 6) is -1.69. The number of likely N-dealkylation sites (tertiary alicyclic amines) is 1. The monoisotopic (exact) mass is 291 g/mol. The van der Waals surface area contributed by atoms with E-state index in [1.165, 1.54) is 18.3 Å². The Morgan fingerprint density at radius 1 is 1.33 bits per heavy atom. The van der Waals surface area contributed by atoms with E-state index < -0.39 is 11.9 Å². The summed E-state index contributed by atoms with van der Waals surface area (Å²) in [5.41, 5.74) is -0.153. The molecular formula is C14H17N3O4. The molecule has 1 aliphatic heterocycles. The molecule has 0 radical (unpaired) electrons. The zero-order chi connectivity index (χ0) is 15.4. The molecule has 112 valence electrons.